The molecule has 27 heavy (non-hydrogen) atoms. The highest BCUT2D eigenvalue weighted by atomic mass is 35.5. The number of hydrogen-bond acceptors (Lipinski definition) is 5. The molecule has 0 aliphatic carbocycles. The van der Waals surface area contributed by atoms with E-state index in [1.165, 1.54) is 10.9 Å². The Hall–Kier alpha value is -2.62. The smallest absolute Gasteiger partial charge is 0.306 e. The van der Waals surface area contributed by atoms with Crippen molar-refractivity contribution in [3.05, 3.63) is 67.5 Å². The average Bonchev–Trinajstić information content (AvgIpc) is 3.18. The maximum absolute atomic E-state index is 12.1. The van der Waals surface area contributed by atoms with Crippen molar-refractivity contribution in [1.82, 2.24) is 19.6 Å². The van der Waals surface area contributed by atoms with Crippen molar-refractivity contribution >= 4 is 52.2 Å². The monoisotopic (exact) mass is 428 g/mol. The van der Waals surface area contributed by atoms with Crippen LogP contribution in [0.1, 0.15) is 5.56 Å². The van der Waals surface area contributed by atoms with Crippen LogP contribution in [0.25, 0.3) is 0 Å². The van der Waals surface area contributed by atoms with E-state index in [9.17, 15) is 14.9 Å². The summed E-state index contributed by atoms with van der Waals surface area (Å²) >= 11 is 18.4. The Labute approximate surface area is 167 Å². The number of nitrogens with one attached hydrogen (secondary N) is 1. The minimum atomic E-state index is -0.597. The number of nitrogens with zero attached hydrogens (tertiary/aromatic N) is 5. The second-order valence-electron chi connectivity index (χ2n) is 5.42. The van der Waals surface area contributed by atoms with Gasteiger partial charge < -0.3 is 5.32 Å². The summed E-state index contributed by atoms with van der Waals surface area (Å²) in [6.07, 6.45) is 3.73. The van der Waals surface area contributed by atoms with Gasteiger partial charge in [0.15, 0.2) is 5.82 Å². The first-order valence-electron chi connectivity index (χ1n) is 7.46. The number of carbonyl (C=O) groups excluding carboxylic acids is 1. The lowest BCUT2D eigenvalue weighted by atomic mass is 10.2. The Bertz CT molecular complexity index is 996. The molecule has 1 N–H and O–H groups in total. The second kappa shape index (κ2) is 7.95. The summed E-state index contributed by atoms with van der Waals surface area (Å²) in [4.78, 5) is 22.1. The zero-order valence-electron chi connectivity index (χ0n) is 13.5. The molecule has 2 heterocycles. The molecule has 9 nitrogen and oxygen atoms in total. The van der Waals surface area contributed by atoms with Gasteiger partial charge in [-0.05, 0) is 12.1 Å². The molecule has 0 fully saturated rings. The van der Waals surface area contributed by atoms with Gasteiger partial charge in [0.1, 0.15) is 24.0 Å². The lowest BCUT2D eigenvalue weighted by Gasteiger charge is -2.07. The molecule has 12 heteroatoms. The largest absolute Gasteiger partial charge is 0.307 e. The molecule has 0 saturated carbocycles. The zero-order chi connectivity index (χ0) is 19.6. The van der Waals surface area contributed by atoms with Gasteiger partial charge in [0.2, 0.25) is 5.91 Å². The maximum Gasteiger partial charge on any atom is 0.307 e. The highest BCUT2D eigenvalue weighted by Gasteiger charge is 2.15. The van der Waals surface area contributed by atoms with Crippen LogP contribution in [0.4, 0.5) is 11.5 Å². The van der Waals surface area contributed by atoms with Crippen LogP contribution in [0.5, 0.6) is 0 Å². The Morgan fingerprint density at radius 2 is 1.85 bits per heavy atom. The van der Waals surface area contributed by atoms with Crippen LogP contribution < -0.4 is 5.32 Å². The van der Waals surface area contributed by atoms with E-state index in [0.717, 1.165) is 17.1 Å². The molecule has 140 valence electrons. The van der Waals surface area contributed by atoms with Crippen LogP contribution in [0.3, 0.4) is 0 Å². The predicted molar refractivity (Wildman–Crippen MR) is 100 cm³/mol. The maximum atomic E-state index is 12.1. The third-order valence-corrected chi connectivity index (χ3v) is 4.48. The summed E-state index contributed by atoms with van der Waals surface area (Å²) < 4.78 is 2.63. The summed E-state index contributed by atoms with van der Waals surface area (Å²) in [5.74, 6) is -0.345. The summed E-state index contributed by atoms with van der Waals surface area (Å²) in [5, 5.41) is 22.3. The van der Waals surface area contributed by atoms with Crippen molar-refractivity contribution < 1.29 is 9.72 Å². The van der Waals surface area contributed by atoms with Gasteiger partial charge in [-0.3, -0.25) is 24.3 Å². The summed E-state index contributed by atoms with van der Waals surface area (Å²) in [7, 11) is 0. The number of hydrogen-bond donors (Lipinski definition) is 1. The van der Waals surface area contributed by atoms with Gasteiger partial charge in [-0.2, -0.15) is 10.2 Å². The van der Waals surface area contributed by atoms with Crippen LogP contribution in [-0.2, 0) is 17.9 Å². The first kappa shape index (κ1) is 19.2. The molecule has 0 radical (unpaired) electrons. The highest BCUT2D eigenvalue weighted by Crippen LogP contribution is 2.26. The number of carbonyl (C=O) groups is 1. The van der Waals surface area contributed by atoms with Gasteiger partial charge in [-0.1, -0.05) is 40.9 Å². The number of rotatable bonds is 6. The second-order valence-corrected chi connectivity index (χ2v) is 6.65. The van der Waals surface area contributed by atoms with Gasteiger partial charge >= 0.3 is 5.69 Å². The van der Waals surface area contributed by atoms with E-state index in [4.69, 9.17) is 34.8 Å². The van der Waals surface area contributed by atoms with E-state index < -0.39 is 10.8 Å². The third kappa shape index (κ3) is 4.57. The molecule has 0 aliphatic rings. The van der Waals surface area contributed by atoms with Crippen LogP contribution in [0.2, 0.25) is 15.1 Å². The minimum absolute atomic E-state index is 0.145. The average molecular weight is 430 g/mol. The van der Waals surface area contributed by atoms with Crippen LogP contribution in [-0.4, -0.2) is 30.4 Å². The van der Waals surface area contributed by atoms with Crippen molar-refractivity contribution in [2.75, 3.05) is 5.32 Å². The molecule has 0 saturated heterocycles. The summed E-state index contributed by atoms with van der Waals surface area (Å²) in [6, 6.07) is 5.15. The highest BCUT2D eigenvalue weighted by molar-refractivity contribution is 6.36. The molecule has 1 aromatic carbocycles. The van der Waals surface area contributed by atoms with Gasteiger partial charge in [-0.25, -0.2) is 0 Å². The van der Waals surface area contributed by atoms with Gasteiger partial charge in [0.05, 0.1) is 11.5 Å². The van der Waals surface area contributed by atoms with E-state index in [1.54, 1.807) is 18.2 Å². The molecule has 1 amide bonds. The quantitative estimate of drug-likeness (QED) is 0.475. The Balaban J connectivity index is 1.69. The fraction of sp³-hybridized carbons (Fsp3) is 0.133. The number of nitro groups is 1. The lowest BCUT2D eigenvalue weighted by molar-refractivity contribution is -0.385. The number of benzene rings is 1. The van der Waals surface area contributed by atoms with Gasteiger partial charge in [-0.15, -0.1) is 0 Å². The SMILES string of the molecule is O=C(Cn1cc([N+](=O)[O-])cn1)Nc1nn(Cc2c(Cl)cccc2Cl)cc1Cl. The van der Waals surface area contributed by atoms with E-state index in [1.807, 2.05) is 0 Å². The van der Waals surface area contributed by atoms with E-state index >= 15 is 0 Å². The molecule has 0 atom stereocenters. The number of aromatic nitrogens is 4. The van der Waals surface area contributed by atoms with Crippen molar-refractivity contribution in [2.24, 2.45) is 0 Å². The molecule has 0 bridgehead atoms. The molecule has 0 unspecified atom stereocenters. The predicted octanol–water partition coefficient (Wildman–Crippen LogP) is 3.64. The van der Waals surface area contributed by atoms with Gasteiger partial charge in [0, 0.05) is 21.8 Å². The van der Waals surface area contributed by atoms with E-state index in [2.05, 4.69) is 15.5 Å². The van der Waals surface area contributed by atoms with Crippen molar-refractivity contribution in [3.63, 3.8) is 0 Å². The van der Waals surface area contributed by atoms with E-state index in [0.29, 0.717) is 15.6 Å². The molecule has 3 aromatic rings. The van der Waals surface area contributed by atoms with Crippen LogP contribution >= 0.6 is 34.8 Å². The standard InChI is InChI=1S/C15H11Cl3N6O3/c16-11-2-1-3-12(17)10(11)6-23-7-13(18)15(21-23)20-14(25)8-22-5-9(4-19-22)24(26)27/h1-5,7H,6,8H2,(H,20,21,25). The molecule has 3 rings (SSSR count). The first-order valence-corrected chi connectivity index (χ1v) is 8.59. The van der Waals surface area contributed by atoms with Gasteiger partial charge in [0.25, 0.3) is 0 Å². The summed E-state index contributed by atoms with van der Waals surface area (Å²) in [5.41, 5.74) is 0.462. The number of halogens is 3. The normalized spacial score (nSPS) is 10.8. The molecule has 0 aliphatic heterocycles. The van der Waals surface area contributed by atoms with Crippen LogP contribution in [0.15, 0.2) is 36.8 Å². The lowest BCUT2D eigenvalue weighted by Crippen LogP contribution is -2.19. The first-order chi connectivity index (χ1) is 12.8. The Morgan fingerprint density at radius 3 is 2.48 bits per heavy atom. The third-order valence-electron chi connectivity index (χ3n) is 3.49. The molecule has 2 aromatic heterocycles. The van der Waals surface area contributed by atoms with Crippen molar-refractivity contribution in [1.29, 1.82) is 0 Å². The number of amides is 1. The van der Waals surface area contributed by atoms with E-state index in [-0.39, 0.29) is 29.6 Å². The molecular formula is C15H11Cl3N6O3. The zero-order valence-corrected chi connectivity index (χ0v) is 15.7. The molecule has 0 spiro atoms. The number of anilines is 1. The fourth-order valence-corrected chi connectivity index (χ4v) is 2.97. The summed E-state index contributed by atoms with van der Waals surface area (Å²) in [6.45, 7) is 0.0345. The minimum Gasteiger partial charge on any atom is -0.306 e. The van der Waals surface area contributed by atoms with Crippen molar-refractivity contribution in [3.8, 4) is 0 Å². The molecular weight excluding hydrogens is 419 g/mol. The topological polar surface area (TPSA) is 108 Å². The van der Waals surface area contributed by atoms with Crippen LogP contribution in [0, 0.1) is 10.1 Å². The van der Waals surface area contributed by atoms with Crippen molar-refractivity contribution in [2.45, 2.75) is 13.1 Å². The Morgan fingerprint density at radius 1 is 1.15 bits per heavy atom. The Kier molecular flexibility index (Phi) is 5.64. The fourth-order valence-electron chi connectivity index (χ4n) is 2.26.